The van der Waals surface area contributed by atoms with Gasteiger partial charge >= 0.3 is 11.8 Å². The molecule has 13 heteroatoms. The number of hydrogen-bond donors (Lipinski definition) is 2. The van der Waals surface area contributed by atoms with Crippen molar-refractivity contribution in [1.29, 1.82) is 0 Å². The summed E-state index contributed by atoms with van der Waals surface area (Å²) in [5.74, 6) is 1.20. The summed E-state index contributed by atoms with van der Waals surface area (Å²) in [6.45, 7) is 1.89. The number of piperidine rings is 2. The molecule has 0 spiro atoms. The molecular formula is C33H46N6O7. The number of unbranched alkanes of at least 4 members (excludes halogenated alkanes) is 7. The lowest BCUT2D eigenvalue weighted by molar-refractivity contribution is -0.383. The molecule has 2 aliphatic heterocycles. The number of rotatable bonds is 17. The minimum atomic E-state index is -0.479. The zero-order valence-corrected chi connectivity index (χ0v) is 26.9. The smallest absolute Gasteiger partial charge is 0.412 e. The summed E-state index contributed by atoms with van der Waals surface area (Å²) in [5, 5.41) is 24.8. The number of fused-ring (bicyclic) bond motifs is 3. The first-order valence-electron chi connectivity index (χ1n) is 16.6. The second-order valence-electron chi connectivity index (χ2n) is 12.3. The van der Waals surface area contributed by atoms with E-state index in [1.807, 2.05) is 0 Å². The van der Waals surface area contributed by atoms with E-state index in [2.05, 4.69) is 25.8 Å². The number of benzene rings is 2. The standard InChI is InChI=1S/C33H46N6O7/c1-43-25-14-17-30(44-2)28(22-25)35-33(40)45-26-20-23-12-11-13-24(21-26)38(23)19-10-8-6-4-3-5-7-9-18-34-27-15-16-29(39(41)42)32-31(27)36-46-37-32/h14-17,22-24,26,34H,3-13,18-21H2,1-2H3,(H,35,40)/t23-,24+,26?. The van der Waals surface area contributed by atoms with Crippen LogP contribution in [0.15, 0.2) is 35.0 Å². The predicted octanol–water partition coefficient (Wildman–Crippen LogP) is 7.32. The van der Waals surface area contributed by atoms with E-state index in [1.165, 1.54) is 63.9 Å². The molecule has 2 fully saturated rings. The lowest BCUT2D eigenvalue weighted by Gasteiger charge is -2.48. The maximum absolute atomic E-state index is 12.8. The number of methoxy groups -OCH3 is 2. The summed E-state index contributed by atoms with van der Waals surface area (Å²) in [6.07, 6.45) is 14.3. The second-order valence-corrected chi connectivity index (χ2v) is 12.3. The van der Waals surface area contributed by atoms with Crippen molar-refractivity contribution in [1.82, 2.24) is 15.2 Å². The van der Waals surface area contributed by atoms with Crippen LogP contribution in [0.3, 0.4) is 0 Å². The summed E-state index contributed by atoms with van der Waals surface area (Å²) in [5.41, 5.74) is 1.70. The van der Waals surface area contributed by atoms with Crippen molar-refractivity contribution in [2.75, 3.05) is 37.9 Å². The summed E-state index contributed by atoms with van der Waals surface area (Å²) in [6, 6.07) is 9.34. The molecule has 3 heterocycles. The van der Waals surface area contributed by atoms with Gasteiger partial charge in [-0.1, -0.05) is 44.9 Å². The molecular weight excluding hydrogens is 592 g/mol. The van der Waals surface area contributed by atoms with Crippen molar-refractivity contribution >= 4 is 34.2 Å². The minimum Gasteiger partial charge on any atom is -0.497 e. The normalized spacial score (nSPS) is 19.5. The van der Waals surface area contributed by atoms with Crippen LogP contribution >= 0.6 is 0 Å². The number of nitrogens with one attached hydrogen (secondary N) is 2. The van der Waals surface area contributed by atoms with Crippen LogP contribution in [0, 0.1) is 10.1 Å². The number of anilines is 2. The molecule has 250 valence electrons. The quantitative estimate of drug-likeness (QED) is 0.0868. The average Bonchev–Trinajstić information content (AvgIpc) is 3.54. The molecule has 1 unspecified atom stereocenters. The van der Waals surface area contributed by atoms with E-state index in [0.717, 1.165) is 38.8 Å². The number of non-ortho nitro benzene ring substituents is 1. The molecule has 2 aromatic carbocycles. The van der Waals surface area contributed by atoms with Crippen molar-refractivity contribution in [2.24, 2.45) is 0 Å². The van der Waals surface area contributed by atoms with Gasteiger partial charge in [0.1, 0.15) is 17.6 Å². The predicted molar refractivity (Wildman–Crippen MR) is 175 cm³/mol. The van der Waals surface area contributed by atoms with Crippen molar-refractivity contribution in [3.63, 3.8) is 0 Å². The fourth-order valence-electron chi connectivity index (χ4n) is 6.94. The third-order valence-corrected chi connectivity index (χ3v) is 9.25. The van der Waals surface area contributed by atoms with E-state index in [9.17, 15) is 14.9 Å². The van der Waals surface area contributed by atoms with Gasteiger partial charge in [-0.15, -0.1) is 0 Å². The van der Waals surface area contributed by atoms with E-state index in [4.69, 9.17) is 18.8 Å². The first-order valence-corrected chi connectivity index (χ1v) is 16.6. The van der Waals surface area contributed by atoms with Gasteiger partial charge in [0.15, 0.2) is 5.52 Å². The Bertz CT molecular complexity index is 1440. The van der Waals surface area contributed by atoms with Crippen molar-refractivity contribution in [3.8, 4) is 11.5 Å². The Morgan fingerprint density at radius 2 is 1.63 bits per heavy atom. The fraction of sp³-hybridized carbons (Fsp3) is 0.606. The van der Waals surface area contributed by atoms with Gasteiger partial charge in [-0.3, -0.25) is 20.3 Å². The topological polar surface area (TPSA) is 154 Å². The molecule has 0 saturated carbocycles. The van der Waals surface area contributed by atoms with Gasteiger partial charge in [-0.2, -0.15) is 0 Å². The number of carbonyl (C=O) groups is 1. The number of ether oxygens (including phenoxy) is 3. The zero-order chi connectivity index (χ0) is 32.3. The Morgan fingerprint density at radius 1 is 0.935 bits per heavy atom. The van der Waals surface area contributed by atoms with Crippen LogP contribution in [0.5, 0.6) is 11.5 Å². The van der Waals surface area contributed by atoms with E-state index in [-0.39, 0.29) is 17.3 Å². The monoisotopic (exact) mass is 638 g/mol. The van der Waals surface area contributed by atoms with Gasteiger partial charge in [0.05, 0.1) is 30.5 Å². The molecule has 3 atom stereocenters. The van der Waals surface area contributed by atoms with Gasteiger partial charge in [0.2, 0.25) is 5.52 Å². The van der Waals surface area contributed by atoms with Gasteiger partial charge in [-0.05, 0) is 60.7 Å². The van der Waals surface area contributed by atoms with Crippen LogP contribution < -0.4 is 20.1 Å². The van der Waals surface area contributed by atoms with Crippen molar-refractivity contribution < 1.29 is 28.6 Å². The molecule has 46 heavy (non-hydrogen) atoms. The summed E-state index contributed by atoms with van der Waals surface area (Å²) in [7, 11) is 3.16. The molecule has 1 aromatic heterocycles. The van der Waals surface area contributed by atoms with Crippen molar-refractivity contribution in [2.45, 2.75) is 102 Å². The van der Waals surface area contributed by atoms with Crippen LogP contribution in [0.2, 0.25) is 0 Å². The number of nitrogens with zero attached hydrogens (tertiary/aromatic N) is 4. The van der Waals surface area contributed by atoms with Gasteiger partial charge < -0.3 is 19.5 Å². The van der Waals surface area contributed by atoms with Crippen LogP contribution in [-0.4, -0.2) is 71.7 Å². The van der Waals surface area contributed by atoms with Gasteiger partial charge in [0.25, 0.3) is 0 Å². The zero-order valence-electron chi connectivity index (χ0n) is 26.9. The minimum absolute atomic E-state index is 0.0761. The van der Waals surface area contributed by atoms with Gasteiger partial charge in [0, 0.05) is 43.6 Å². The second kappa shape index (κ2) is 16.4. The molecule has 5 rings (SSSR count). The number of aromatic nitrogens is 2. The van der Waals surface area contributed by atoms with Gasteiger partial charge in [-0.25, -0.2) is 9.42 Å². The Labute approximate surface area is 269 Å². The molecule has 0 radical (unpaired) electrons. The largest absolute Gasteiger partial charge is 0.497 e. The highest BCUT2D eigenvalue weighted by Crippen LogP contribution is 2.36. The average molecular weight is 639 g/mol. The molecule has 3 aromatic rings. The number of carbonyl (C=O) groups excluding carboxylic acids is 1. The molecule has 1 amide bonds. The van der Waals surface area contributed by atoms with Crippen molar-refractivity contribution in [3.05, 3.63) is 40.4 Å². The summed E-state index contributed by atoms with van der Waals surface area (Å²) < 4.78 is 21.3. The van der Waals surface area contributed by atoms with E-state index >= 15 is 0 Å². The highest BCUT2D eigenvalue weighted by molar-refractivity contribution is 5.93. The Hall–Kier alpha value is -4.13. The lowest BCUT2D eigenvalue weighted by Crippen LogP contribution is -2.54. The van der Waals surface area contributed by atoms with Crippen LogP contribution in [0.1, 0.15) is 83.5 Å². The Kier molecular flexibility index (Phi) is 11.9. The van der Waals surface area contributed by atoms with E-state index in [0.29, 0.717) is 40.5 Å². The number of nitro benzene ring substituents is 1. The molecule has 13 nitrogen and oxygen atoms in total. The maximum atomic E-state index is 12.8. The van der Waals surface area contributed by atoms with Crippen LogP contribution in [-0.2, 0) is 4.74 Å². The fourth-order valence-corrected chi connectivity index (χ4v) is 6.94. The maximum Gasteiger partial charge on any atom is 0.412 e. The van der Waals surface area contributed by atoms with Crippen LogP contribution in [0.4, 0.5) is 21.9 Å². The number of hydrogen-bond acceptors (Lipinski definition) is 11. The van der Waals surface area contributed by atoms with E-state index in [1.54, 1.807) is 38.5 Å². The Morgan fingerprint density at radius 3 is 2.33 bits per heavy atom. The molecule has 2 N–H and O–H groups in total. The van der Waals surface area contributed by atoms with Crippen LogP contribution in [0.25, 0.3) is 11.0 Å². The first-order chi connectivity index (χ1) is 22.5. The highest BCUT2D eigenvalue weighted by atomic mass is 16.6. The van der Waals surface area contributed by atoms with E-state index < -0.39 is 11.0 Å². The molecule has 2 aliphatic rings. The summed E-state index contributed by atoms with van der Waals surface area (Å²) in [4.78, 5) is 26.1. The number of amides is 1. The third kappa shape index (κ3) is 8.56. The Balaban J connectivity index is 0.932. The molecule has 2 bridgehead atoms. The third-order valence-electron chi connectivity index (χ3n) is 9.25. The first kappa shape index (κ1) is 33.2. The molecule has 2 saturated heterocycles. The number of nitro groups is 1. The summed E-state index contributed by atoms with van der Waals surface area (Å²) >= 11 is 0. The SMILES string of the molecule is COc1ccc(OC)c(NC(=O)OC2C[C@H]3CCC[C@@H](C2)N3CCCCCCCCCCNc2ccc([N+](=O)[O-])c3nonc23)c1. The molecule has 0 aliphatic carbocycles. The lowest BCUT2D eigenvalue weighted by atomic mass is 9.82. The highest BCUT2D eigenvalue weighted by Gasteiger charge is 2.39.